The summed E-state index contributed by atoms with van der Waals surface area (Å²) in [5, 5.41) is 4.73. The Morgan fingerprint density at radius 1 is 1.29 bits per heavy atom. The van der Waals surface area contributed by atoms with Crippen LogP contribution < -0.4 is 0 Å². The summed E-state index contributed by atoms with van der Waals surface area (Å²) in [5.41, 5.74) is 5.58. The second kappa shape index (κ2) is 6.40. The topological polar surface area (TPSA) is 47.4 Å². The molecule has 24 heavy (non-hydrogen) atoms. The maximum absolute atomic E-state index is 12.0. The van der Waals surface area contributed by atoms with Crippen LogP contribution in [0.2, 0.25) is 0 Å². The summed E-state index contributed by atoms with van der Waals surface area (Å²) < 4.78 is 7.29. The van der Waals surface area contributed by atoms with Crippen molar-refractivity contribution in [2.24, 2.45) is 0 Å². The lowest BCUT2D eigenvalue weighted by Gasteiger charge is -2.21. The molecule has 0 aliphatic carbocycles. The van der Waals surface area contributed by atoms with Gasteiger partial charge in [0.05, 0.1) is 11.4 Å². The average Bonchev–Trinajstić information content (AvgIpc) is 3.01. The highest BCUT2D eigenvalue weighted by Crippen LogP contribution is 2.24. The molecule has 0 saturated carbocycles. The van der Waals surface area contributed by atoms with Crippen molar-refractivity contribution in [3.63, 3.8) is 0 Å². The number of benzene rings is 1. The first kappa shape index (κ1) is 16.7. The highest BCUT2D eigenvalue weighted by atomic mass is 16.6. The normalized spacial score (nSPS) is 20.7. The number of ether oxygens (including phenoxy) is 1. The Labute approximate surface area is 143 Å². The molecule has 128 valence electrons. The predicted molar refractivity (Wildman–Crippen MR) is 93.2 cm³/mol. The van der Waals surface area contributed by atoms with E-state index in [4.69, 9.17) is 9.84 Å². The van der Waals surface area contributed by atoms with E-state index in [9.17, 15) is 4.79 Å². The summed E-state index contributed by atoms with van der Waals surface area (Å²) in [7, 11) is 1.98. The van der Waals surface area contributed by atoms with Gasteiger partial charge in [-0.05, 0) is 46.4 Å². The molecule has 1 saturated heterocycles. The monoisotopic (exact) mass is 327 g/mol. The van der Waals surface area contributed by atoms with E-state index in [0.29, 0.717) is 6.54 Å². The molecule has 0 N–H and O–H groups in total. The van der Waals surface area contributed by atoms with Gasteiger partial charge in [-0.3, -0.25) is 9.69 Å². The minimum Gasteiger partial charge on any atom is -0.461 e. The standard InChI is InChI=1S/C19H25N3O2/c1-12-8-6-7-9-17(12)22-15(4)16(14(3)20-22)11-21(5)18-10-13(2)24-19(18)23/h6-9,13,18H,10-11H2,1-5H3/t13-,18+/m1/s1. The zero-order chi connectivity index (χ0) is 17.4. The van der Waals surface area contributed by atoms with E-state index in [2.05, 4.69) is 30.9 Å². The number of likely N-dealkylation sites (N-methyl/N-ethyl adjacent to an activating group) is 1. The van der Waals surface area contributed by atoms with Gasteiger partial charge in [0.2, 0.25) is 0 Å². The predicted octanol–water partition coefficient (Wildman–Crippen LogP) is 2.93. The molecule has 0 radical (unpaired) electrons. The van der Waals surface area contributed by atoms with Crippen LogP contribution in [0, 0.1) is 20.8 Å². The number of carbonyl (C=O) groups excluding carboxylic acids is 1. The Hall–Kier alpha value is -2.14. The van der Waals surface area contributed by atoms with Gasteiger partial charge in [-0.2, -0.15) is 5.10 Å². The molecule has 2 atom stereocenters. The van der Waals surface area contributed by atoms with Gasteiger partial charge in [-0.25, -0.2) is 4.68 Å². The van der Waals surface area contributed by atoms with Crippen LogP contribution in [-0.2, 0) is 16.1 Å². The molecular weight excluding hydrogens is 302 g/mol. The third-order valence-electron chi connectivity index (χ3n) is 4.87. The van der Waals surface area contributed by atoms with Crippen molar-refractivity contribution in [2.45, 2.75) is 52.8 Å². The Morgan fingerprint density at radius 3 is 2.62 bits per heavy atom. The highest BCUT2D eigenvalue weighted by Gasteiger charge is 2.35. The third-order valence-corrected chi connectivity index (χ3v) is 4.87. The minimum absolute atomic E-state index is 0.00170. The first-order chi connectivity index (χ1) is 11.4. The number of esters is 1. The van der Waals surface area contributed by atoms with Crippen LogP contribution in [0.5, 0.6) is 0 Å². The molecule has 2 aromatic rings. The van der Waals surface area contributed by atoms with E-state index in [-0.39, 0.29) is 18.1 Å². The lowest BCUT2D eigenvalue weighted by atomic mass is 10.1. The quantitative estimate of drug-likeness (QED) is 0.810. The maximum Gasteiger partial charge on any atom is 0.323 e. The van der Waals surface area contributed by atoms with Crippen molar-refractivity contribution >= 4 is 5.97 Å². The molecule has 5 nitrogen and oxygen atoms in total. The van der Waals surface area contributed by atoms with Crippen molar-refractivity contribution in [1.29, 1.82) is 0 Å². The van der Waals surface area contributed by atoms with E-state index in [0.717, 1.165) is 23.5 Å². The minimum atomic E-state index is -0.166. The van der Waals surface area contributed by atoms with Gasteiger partial charge >= 0.3 is 5.97 Å². The van der Waals surface area contributed by atoms with E-state index >= 15 is 0 Å². The number of hydrogen-bond donors (Lipinski definition) is 0. The number of para-hydroxylation sites is 1. The lowest BCUT2D eigenvalue weighted by Crippen LogP contribution is -2.35. The molecule has 5 heteroatoms. The van der Waals surface area contributed by atoms with Crippen LogP contribution in [-0.4, -0.2) is 39.8 Å². The van der Waals surface area contributed by atoms with Crippen LogP contribution in [0.1, 0.15) is 35.9 Å². The Morgan fingerprint density at radius 2 is 2.00 bits per heavy atom. The van der Waals surface area contributed by atoms with E-state index in [1.807, 2.05) is 37.7 Å². The summed E-state index contributed by atoms with van der Waals surface area (Å²) in [6, 6.07) is 8.07. The van der Waals surface area contributed by atoms with Gasteiger partial charge in [0.1, 0.15) is 12.1 Å². The summed E-state index contributed by atoms with van der Waals surface area (Å²) >= 11 is 0. The molecule has 0 spiro atoms. The molecule has 3 rings (SSSR count). The first-order valence-electron chi connectivity index (χ1n) is 8.40. The van der Waals surface area contributed by atoms with Crippen molar-refractivity contribution in [2.75, 3.05) is 7.05 Å². The fourth-order valence-corrected chi connectivity index (χ4v) is 3.39. The lowest BCUT2D eigenvalue weighted by molar-refractivity contribution is -0.144. The summed E-state index contributed by atoms with van der Waals surface area (Å²) in [6.45, 7) is 8.84. The molecule has 1 aliphatic heterocycles. The second-order valence-corrected chi connectivity index (χ2v) is 6.76. The van der Waals surface area contributed by atoms with Crippen molar-refractivity contribution in [3.8, 4) is 5.69 Å². The van der Waals surface area contributed by atoms with Crippen LogP contribution in [0.4, 0.5) is 0 Å². The molecular formula is C19H25N3O2. The van der Waals surface area contributed by atoms with Crippen molar-refractivity contribution in [1.82, 2.24) is 14.7 Å². The number of aromatic nitrogens is 2. The van der Waals surface area contributed by atoms with Crippen LogP contribution in [0.3, 0.4) is 0 Å². The van der Waals surface area contributed by atoms with Gasteiger partial charge in [0, 0.05) is 24.2 Å². The SMILES string of the molecule is Cc1ccccc1-n1nc(C)c(CN(C)[C@H]2C[C@@H](C)OC2=O)c1C. The van der Waals surface area contributed by atoms with Gasteiger partial charge in [0.15, 0.2) is 0 Å². The number of carbonyl (C=O) groups is 1. The fraction of sp³-hybridized carbons (Fsp3) is 0.474. The number of hydrogen-bond acceptors (Lipinski definition) is 4. The molecule has 1 fully saturated rings. The van der Waals surface area contributed by atoms with Crippen LogP contribution in [0.25, 0.3) is 5.69 Å². The summed E-state index contributed by atoms with van der Waals surface area (Å²) in [5.74, 6) is -0.119. The zero-order valence-electron chi connectivity index (χ0n) is 15.0. The smallest absolute Gasteiger partial charge is 0.323 e. The van der Waals surface area contributed by atoms with Crippen LogP contribution in [0.15, 0.2) is 24.3 Å². The van der Waals surface area contributed by atoms with Crippen molar-refractivity contribution < 1.29 is 9.53 Å². The molecule has 1 aromatic heterocycles. The van der Waals surface area contributed by atoms with Gasteiger partial charge < -0.3 is 4.74 Å². The van der Waals surface area contributed by atoms with Gasteiger partial charge in [0.25, 0.3) is 0 Å². The van der Waals surface area contributed by atoms with E-state index in [1.54, 1.807) is 0 Å². The Bertz CT molecular complexity index is 766. The highest BCUT2D eigenvalue weighted by molar-refractivity contribution is 5.77. The molecule has 0 amide bonds. The molecule has 0 unspecified atom stereocenters. The number of nitrogens with zero attached hydrogens (tertiary/aromatic N) is 3. The zero-order valence-corrected chi connectivity index (χ0v) is 15.0. The van der Waals surface area contributed by atoms with E-state index in [1.165, 1.54) is 11.1 Å². The third kappa shape index (κ3) is 2.96. The van der Waals surface area contributed by atoms with Crippen molar-refractivity contribution in [3.05, 3.63) is 46.8 Å². The number of cyclic esters (lactones) is 1. The Balaban J connectivity index is 1.87. The molecule has 1 aromatic carbocycles. The molecule has 1 aliphatic rings. The molecule has 0 bridgehead atoms. The first-order valence-corrected chi connectivity index (χ1v) is 8.40. The number of rotatable bonds is 4. The number of aryl methyl sites for hydroxylation is 2. The van der Waals surface area contributed by atoms with Crippen LogP contribution >= 0.6 is 0 Å². The van der Waals surface area contributed by atoms with Gasteiger partial charge in [-0.1, -0.05) is 18.2 Å². The molecule has 2 heterocycles. The van der Waals surface area contributed by atoms with E-state index < -0.39 is 0 Å². The second-order valence-electron chi connectivity index (χ2n) is 6.76. The van der Waals surface area contributed by atoms with Gasteiger partial charge in [-0.15, -0.1) is 0 Å². The summed E-state index contributed by atoms with van der Waals surface area (Å²) in [4.78, 5) is 14.0. The Kier molecular flexibility index (Phi) is 4.45. The average molecular weight is 327 g/mol. The maximum atomic E-state index is 12.0. The fourth-order valence-electron chi connectivity index (χ4n) is 3.39. The summed E-state index contributed by atoms with van der Waals surface area (Å²) in [6.07, 6.45) is 0.751. The largest absolute Gasteiger partial charge is 0.461 e.